The van der Waals surface area contributed by atoms with E-state index in [1.807, 2.05) is 20.8 Å². The molecule has 1 rings (SSSR count). The van der Waals surface area contributed by atoms with Crippen LogP contribution in [0.15, 0.2) is 24.3 Å². The maximum Gasteiger partial charge on any atom is 0.194 e. The molecule has 0 atom stereocenters. The third-order valence-corrected chi connectivity index (χ3v) is 3.08. The highest BCUT2D eigenvalue weighted by Gasteiger charge is 2.35. The van der Waals surface area contributed by atoms with Crippen LogP contribution in [0.25, 0.3) is 0 Å². The highest BCUT2D eigenvalue weighted by atomic mass is 19.1. The average Bonchev–Trinajstić information content (AvgIpc) is 2.36. The minimum Gasteiger partial charge on any atom is -0.367 e. The first-order valence-electron chi connectivity index (χ1n) is 6.04. The van der Waals surface area contributed by atoms with Crippen molar-refractivity contribution in [1.82, 2.24) is 0 Å². The zero-order valence-electron chi connectivity index (χ0n) is 10.6. The van der Waals surface area contributed by atoms with Crippen molar-refractivity contribution < 1.29 is 13.9 Å². The average molecular weight is 238 g/mol. The van der Waals surface area contributed by atoms with Gasteiger partial charge in [-0.25, -0.2) is 4.39 Å². The Hall–Kier alpha value is -1.22. The Morgan fingerprint density at radius 3 is 2.12 bits per heavy atom. The number of rotatable bonds is 6. The van der Waals surface area contributed by atoms with Gasteiger partial charge in [0.1, 0.15) is 11.4 Å². The van der Waals surface area contributed by atoms with E-state index >= 15 is 0 Å². The highest BCUT2D eigenvalue weighted by molar-refractivity contribution is 6.02. The quantitative estimate of drug-likeness (QED) is 0.708. The lowest BCUT2D eigenvalue weighted by Crippen LogP contribution is -2.40. The first-order chi connectivity index (χ1) is 8.09. The van der Waals surface area contributed by atoms with Gasteiger partial charge in [-0.05, 0) is 44.0 Å². The van der Waals surface area contributed by atoms with Gasteiger partial charge >= 0.3 is 0 Å². The molecule has 0 bridgehead atoms. The zero-order valence-corrected chi connectivity index (χ0v) is 10.6. The van der Waals surface area contributed by atoms with E-state index in [9.17, 15) is 9.18 Å². The van der Waals surface area contributed by atoms with Crippen molar-refractivity contribution in [2.75, 3.05) is 6.61 Å². The lowest BCUT2D eigenvalue weighted by molar-refractivity contribution is -0.0250. The third-order valence-electron chi connectivity index (χ3n) is 3.08. The molecule has 3 heteroatoms. The second kappa shape index (κ2) is 5.92. The van der Waals surface area contributed by atoms with Crippen molar-refractivity contribution in [2.45, 2.75) is 39.2 Å². The standard InChI is InChI=1S/C14H19FO2/c1-4-14(5-2,17-6-3)13(16)11-7-9-12(15)10-8-11/h7-10H,4-6H2,1-3H3. The molecule has 94 valence electrons. The number of carbonyl (C=O) groups is 1. The number of hydrogen-bond donors (Lipinski definition) is 0. The summed E-state index contributed by atoms with van der Waals surface area (Å²) in [5.74, 6) is -0.402. The maximum absolute atomic E-state index is 12.8. The van der Waals surface area contributed by atoms with Gasteiger partial charge in [-0.3, -0.25) is 4.79 Å². The van der Waals surface area contributed by atoms with Gasteiger partial charge in [-0.2, -0.15) is 0 Å². The van der Waals surface area contributed by atoms with Crippen LogP contribution in [0, 0.1) is 5.82 Å². The largest absolute Gasteiger partial charge is 0.367 e. The molecular formula is C14H19FO2. The molecule has 17 heavy (non-hydrogen) atoms. The summed E-state index contributed by atoms with van der Waals surface area (Å²) in [6.07, 6.45) is 1.24. The molecule has 0 saturated heterocycles. The fraction of sp³-hybridized carbons (Fsp3) is 0.500. The molecule has 0 amide bonds. The summed E-state index contributed by atoms with van der Waals surface area (Å²) in [6, 6.07) is 5.62. The van der Waals surface area contributed by atoms with Crippen molar-refractivity contribution in [3.05, 3.63) is 35.6 Å². The summed E-state index contributed by atoms with van der Waals surface area (Å²) >= 11 is 0. The van der Waals surface area contributed by atoms with Gasteiger partial charge in [0.25, 0.3) is 0 Å². The summed E-state index contributed by atoms with van der Waals surface area (Å²) in [5.41, 5.74) is -0.268. The van der Waals surface area contributed by atoms with Gasteiger partial charge in [0, 0.05) is 12.2 Å². The Labute approximate surface area is 102 Å². The number of benzene rings is 1. The molecule has 1 aromatic rings. The topological polar surface area (TPSA) is 26.3 Å². The van der Waals surface area contributed by atoms with Crippen molar-refractivity contribution in [3.63, 3.8) is 0 Å². The lowest BCUT2D eigenvalue weighted by Gasteiger charge is -2.30. The van der Waals surface area contributed by atoms with Gasteiger partial charge in [-0.1, -0.05) is 13.8 Å². The summed E-state index contributed by atoms with van der Waals surface area (Å²) in [6.45, 7) is 6.23. The van der Waals surface area contributed by atoms with E-state index < -0.39 is 5.60 Å². The van der Waals surface area contributed by atoms with Gasteiger partial charge in [0.05, 0.1) is 0 Å². The predicted molar refractivity (Wildman–Crippen MR) is 65.7 cm³/mol. The van der Waals surface area contributed by atoms with Gasteiger partial charge in [0.15, 0.2) is 5.78 Å². The van der Waals surface area contributed by atoms with E-state index in [1.165, 1.54) is 24.3 Å². The van der Waals surface area contributed by atoms with Crippen LogP contribution in [-0.2, 0) is 4.74 Å². The van der Waals surface area contributed by atoms with Crippen molar-refractivity contribution in [2.24, 2.45) is 0 Å². The summed E-state index contributed by atoms with van der Waals surface area (Å²) in [7, 11) is 0. The summed E-state index contributed by atoms with van der Waals surface area (Å²) in [5, 5.41) is 0. The van der Waals surface area contributed by atoms with Crippen molar-refractivity contribution in [3.8, 4) is 0 Å². The Kier molecular flexibility index (Phi) is 4.82. The molecular weight excluding hydrogens is 219 g/mol. The molecule has 0 unspecified atom stereocenters. The molecule has 0 aliphatic heterocycles. The molecule has 0 saturated carbocycles. The van der Waals surface area contributed by atoms with Crippen LogP contribution in [0.5, 0.6) is 0 Å². The molecule has 0 fully saturated rings. The van der Waals surface area contributed by atoms with Crippen molar-refractivity contribution in [1.29, 1.82) is 0 Å². The molecule has 0 heterocycles. The number of halogens is 1. The van der Waals surface area contributed by atoms with E-state index in [0.717, 1.165) is 0 Å². The molecule has 1 aromatic carbocycles. The fourth-order valence-electron chi connectivity index (χ4n) is 1.98. The highest BCUT2D eigenvalue weighted by Crippen LogP contribution is 2.25. The van der Waals surface area contributed by atoms with Crippen LogP contribution in [-0.4, -0.2) is 18.0 Å². The summed E-state index contributed by atoms with van der Waals surface area (Å²) in [4.78, 5) is 12.4. The molecule has 2 nitrogen and oxygen atoms in total. The number of carbonyl (C=O) groups excluding carboxylic acids is 1. The minimum atomic E-state index is -0.771. The normalized spacial score (nSPS) is 11.5. The zero-order chi connectivity index (χ0) is 12.9. The Balaban J connectivity index is 3.03. The van der Waals surface area contributed by atoms with E-state index in [0.29, 0.717) is 25.0 Å². The van der Waals surface area contributed by atoms with Crippen LogP contribution in [0.4, 0.5) is 4.39 Å². The number of hydrogen-bond acceptors (Lipinski definition) is 2. The van der Waals surface area contributed by atoms with Crippen LogP contribution < -0.4 is 0 Å². The number of ether oxygens (including phenoxy) is 1. The fourth-order valence-corrected chi connectivity index (χ4v) is 1.98. The van der Waals surface area contributed by atoms with Gasteiger partial charge < -0.3 is 4.74 Å². The SMILES string of the molecule is CCOC(CC)(CC)C(=O)c1ccc(F)cc1. The van der Waals surface area contributed by atoms with Crippen LogP contribution in [0.1, 0.15) is 44.0 Å². The molecule has 0 aliphatic carbocycles. The van der Waals surface area contributed by atoms with Crippen LogP contribution in [0.2, 0.25) is 0 Å². The second-order valence-electron chi connectivity index (χ2n) is 3.97. The van der Waals surface area contributed by atoms with E-state index in [4.69, 9.17) is 4.74 Å². The first kappa shape index (κ1) is 13.8. The van der Waals surface area contributed by atoms with Crippen LogP contribution >= 0.6 is 0 Å². The number of ketones is 1. The minimum absolute atomic E-state index is 0.0654. The smallest absolute Gasteiger partial charge is 0.194 e. The van der Waals surface area contributed by atoms with Crippen LogP contribution in [0.3, 0.4) is 0 Å². The first-order valence-corrected chi connectivity index (χ1v) is 6.04. The van der Waals surface area contributed by atoms with Gasteiger partial charge in [-0.15, -0.1) is 0 Å². The Morgan fingerprint density at radius 1 is 1.18 bits per heavy atom. The third kappa shape index (κ3) is 2.91. The molecule has 0 aliphatic rings. The molecule has 0 radical (unpaired) electrons. The molecule has 0 spiro atoms. The molecule has 0 N–H and O–H groups in total. The summed E-state index contributed by atoms with van der Waals surface area (Å²) < 4.78 is 18.4. The Bertz CT molecular complexity index is 366. The second-order valence-corrected chi connectivity index (χ2v) is 3.97. The van der Waals surface area contributed by atoms with E-state index in [1.54, 1.807) is 0 Å². The maximum atomic E-state index is 12.8. The van der Waals surface area contributed by atoms with E-state index in [-0.39, 0.29) is 11.6 Å². The Morgan fingerprint density at radius 2 is 1.71 bits per heavy atom. The lowest BCUT2D eigenvalue weighted by atomic mass is 9.87. The van der Waals surface area contributed by atoms with Gasteiger partial charge in [0.2, 0.25) is 0 Å². The monoisotopic (exact) mass is 238 g/mol. The molecule has 0 aromatic heterocycles. The number of Topliss-reactive ketones (excluding diaryl/α,β-unsaturated/α-hetero) is 1. The van der Waals surface area contributed by atoms with E-state index in [2.05, 4.69) is 0 Å². The van der Waals surface area contributed by atoms with Crippen molar-refractivity contribution >= 4 is 5.78 Å². The predicted octanol–water partition coefficient (Wildman–Crippen LogP) is 3.60.